The highest BCUT2D eigenvalue weighted by atomic mass is 19.1. The van der Waals surface area contributed by atoms with Gasteiger partial charge in [0.25, 0.3) is 5.91 Å². The number of hydrogen-bond donors (Lipinski definition) is 1. The van der Waals surface area contributed by atoms with Crippen molar-refractivity contribution in [1.29, 1.82) is 0 Å². The molecular formula is C18H19FN6O. The summed E-state index contributed by atoms with van der Waals surface area (Å²) in [6, 6.07) is 13.3. The smallest absolute Gasteiger partial charge is 0.251 e. The van der Waals surface area contributed by atoms with Gasteiger partial charge in [-0.2, -0.15) is 0 Å². The number of hydrogen-bond acceptors (Lipinski definition) is 5. The number of aromatic nitrogens is 4. The summed E-state index contributed by atoms with van der Waals surface area (Å²) in [6.45, 7) is 0.352. The van der Waals surface area contributed by atoms with E-state index >= 15 is 0 Å². The second kappa shape index (κ2) is 7.83. The van der Waals surface area contributed by atoms with Crippen molar-refractivity contribution in [2.24, 2.45) is 0 Å². The average Bonchev–Trinajstić information content (AvgIpc) is 3.16. The molecule has 0 saturated heterocycles. The Morgan fingerprint density at radius 1 is 1.23 bits per heavy atom. The summed E-state index contributed by atoms with van der Waals surface area (Å²) in [5.74, 6) is -0.516. The van der Waals surface area contributed by atoms with Crippen LogP contribution in [0, 0.1) is 5.82 Å². The van der Waals surface area contributed by atoms with E-state index in [1.54, 1.807) is 24.3 Å². The maximum Gasteiger partial charge on any atom is 0.251 e. The molecule has 1 N–H and O–H groups in total. The van der Waals surface area contributed by atoms with Crippen molar-refractivity contribution in [1.82, 2.24) is 30.4 Å². The highest BCUT2D eigenvalue weighted by Gasteiger charge is 2.16. The van der Waals surface area contributed by atoms with Gasteiger partial charge in [-0.15, -0.1) is 5.10 Å². The van der Waals surface area contributed by atoms with Crippen LogP contribution < -0.4 is 5.32 Å². The molecule has 3 rings (SSSR count). The Hall–Kier alpha value is -3.13. The van der Waals surface area contributed by atoms with E-state index < -0.39 is 0 Å². The summed E-state index contributed by atoms with van der Waals surface area (Å²) in [5, 5.41) is 13.9. The molecule has 7 nitrogen and oxygen atoms in total. The van der Waals surface area contributed by atoms with Crippen LogP contribution in [0.15, 0.2) is 54.9 Å². The minimum atomic E-state index is -0.296. The predicted octanol–water partition coefficient (Wildman–Crippen LogP) is 1.83. The van der Waals surface area contributed by atoms with E-state index in [1.807, 2.05) is 31.1 Å². The highest BCUT2D eigenvalue weighted by molar-refractivity contribution is 5.94. The monoisotopic (exact) mass is 354 g/mol. The Labute approximate surface area is 150 Å². The van der Waals surface area contributed by atoms with Gasteiger partial charge in [0.1, 0.15) is 12.1 Å². The number of nitrogens with zero attached hydrogens (tertiary/aromatic N) is 5. The third kappa shape index (κ3) is 4.09. The van der Waals surface area contributed by atoms with Gasteiger partial charge in [-0.25, -0.2) is 9.07 Å². The van der Waals surface area contributed by atoms with Crippen molar-refractivity contribution < 1.29 is 9.18 Å². The SMILES string of the molecule is CN(C)C(CNC(=O)c1cccc(-n2cnnn2)c1)c1cccc(F)c1. The van der Waals surface area contributed by atoms with Crippen LogP contribution in [0.3, 0.4) is 0 Å². The van der Waals surface area contributed by atoms with E-state index in [-0.39, 0.29) is 17.8 Å². The van der Waals surface area contributed by atoms with Gasteiger partial charge in [0.05, 0.1) is 11.7 Å². The molecule has 0 aliphatic heterocycles. The molecule has 0 aliphatic carbocycles. The van der Waals surface area contributed by atoms with E-state index in [9.17, 15) is 9.18 Å². The van der Waals surface area contributed by atoms with Gasteiger partial charge in [0.2, 0.25) is 0 Å². The van der Waals surface area contributed by atoms with E-state index in [4.69, 9.17) is 0 Å². The molecular weight excluding hydrogens is 335 g/mol. The lowest BCUT2D eigenvalue weighted by Crippen LogP contribution is -2.34. The van der Waals surface area contributed by atoms with Crippen LogP contribution in [0.5, 0.6) is 0 Å². The van der Waals surface area contributed by atoms with Crippen LogP contribution in [0.2, 0.25) is 0 Å². The zero-order chi connectivity index (χ0) is 18.5. The zero-order valence-electron chi connectivity index (χ0n) is 14.5. The molecule has 2 aromatic carbocycles. The van der Waals surface area contributed by atoms with E-state index in [0.29, 0.717) is 17.8 Å². The summed E-state index contributed by atoms with van der Waals surface area (Å²) >= 11 is 0. The molecule has 1 heterocycles. The Morgan fingerprint density at radius 2 is 2.04 bits per heavy atom. The number of amides is 1. The third-order valence-corrected chi connectivity index (χ3v) is 4.03. The number of carbonyl (C=O) groups is 1. The minimum Gasteiger partial charge on any atom is -0.350 e. The first-order chi connectivity index (χ1) is 12.5. The van der Waals surface area contributed by atoms with Crippen LogP contribution in [0.1, 0.15) is 22.0 Å². The van der Waals surface area contributed by atoms with Gasteiger partial charge < -0.3 is 10.2 Å². The molecule has 0 radical (unpaired) electrons. The lowest BCUT2D eigenvalue weighted by atomic mass is 10.1. The number of carbonyl (C=O) groups excluding carboxylic acids is 1. The number of nitrogens with one attached hydrogen (secondary N) is 1. The Kier molecular flexibility index (Phi) is 5.33. The molecule has 0 spiro atoms. The van der Waals surface area contributed by atoms with Gasteiger partial charge in [-0.1, -0.05) is 18.2 Å². The van der Waals surface area contributed by atoms with Crippen molar-refractivity contribution in [2.75, 3.05) is 20.6 Å². The molecule has 0 aliphatic rings. The van der Waals surface area contributed by atoms with Gasteiger partial charge in [-0.3, -0.25) is 4.79 Å². The fraction of sp³-hybridized carbons (Fsp3) is 0.222. The van der Waals surface area contributed by atoms with E-state index in [1.165, 1.54) is 23.1 Å². The molecule has 0 fully saturated rings. The van der Waals surface area contributed by atoms with Crippen LogP contribution in [-0.4, -0.2) is 51.7 Å². The summed E-state index contributed by atoms with van der Waals surface area (Å²) in [5.41, 5.74) is 1.99. The lowest BCUT2D eigenvalue weighted by Gasteiger charge is -2.25. The van der Waals surface area contributed by atoms with Gasteiger partial charge in [0, 0.05) is 12.1 Å². The standard InChI is InChI=1S/C18H19FN6O/c1-24(2)17(13-5-3-7-15(19)9-13)11-20-18(26)14-6-4-8-16(10-14)25-12-21-22-23-25/h3-10,12,17H,11H2,1-2H3,(H,20,26). The highest BCUT2D eigenvalue weighted by Crippen LogP contribution is 2.18. The fourth-order valence-electron chi connectivity index (χ4n) is 2.67. The molecule has 0 bridgehead atoms. The quantitative estimate of drug-likeness (QED) is 0.731. The van der Waals surface area contributed by atoms with Gasteiger partial charge in [-0.05, 0) is 60.4 Å². The first-order valence-electron chi connectivity index (χ1n) is 8.08. The normalized spacial score (nSPS) is 12.2. The Morgan fingerprint density at radius 3 is 2.73 bits per heavy atom. The number of likely N-dealkylation sites (N-methyl/N-ethyl adjacent to an activating group) is 1. The number of benzene rings is 2. The molecule has 134 valence electrons. The molecule has 1 aromatic heterocycles. The zero-order valence-corrected chi connectivity index (χ0v) is 14.5. The molecule has 0 saturated carbocycles. The predicted molar refractivity (Wildman–Crippen MR) is 94.3 cm³/mol. The Bertz CT molecular complexity index is 881. The topological polar surface area (TPSA) is 75.9 Å². The van der Waals surface area contributed by atoms with Crippen molar-refractivity contribution in [3.8, 4) is 5.69 Å². The number of rotatable bonds is 6. The maximum absolute atomic E-state index is 13.5. The molecule has 1 unspecified atom stereocenters. The molecule has 1 amide bonds. The third-order valence-electron chi connectivity index (χ3n) is 4.03. The van der Waals surface area contributed by atoms with Crippen LogP contribution in [-0.2, 0) is 0 Å². The fourth-order valence-corrected chi connectivity index (χ4v) is 2.67. The first kappa shape index (κ1) is 17.7. The average molecular weight is 354 g/mol. The van der Waals surface area contributed by atoms with Gasteiger partial charge >= 0.3 is 0 Å². The largest absolute Gasteiger partial charge is 0.350 e. The number of halogens is 1. The van der Waals surface area contributed by atoms with Crippen LogP contribution >= 0.6 is 0 Å². The van der Waals surface area contributed by atoms with Crippen molar-refractivity contribution in [3.05, 3.63) is 71.8 Å². The Balaban J connectivity index is 1.72. The summed E-state index contributed by atoms with van der Waals surface area (Å²) in [6.07, 6.45) is 1.46. The molecule has 1 atom stereocenters. The summed E-state index contributed by atoms with van der Waals surface area (Å²) in [7, 11) is 3.78. The van der Waals surface area contributed by atoms with Crippen LogP contribution in [0.4, 0.5) is 4.39 Å². The summed E-state index contributed by atoms with van der Waals surface area (Å²) < 4.78 is 15.0. The lowest BCUT2D eigenvalue weighted by molar-refractivity contribution is 0.0942. The molecule has 8 heteroatoms. The van der Waals surface area contributed by atoms with Gasteiger partial charge in [0.15, 0.2) is 0 Å². The number of tetrazole rings is 1. The van der Waals surface area contributed by atoms with Crippen molar-refractivity contribution >= 4 is 5.91 Å². The van der Waals surface area contributed by atoms with Crippen molar-refractivity contribution in [3.63, 3.8) is 0 Å². The second-order valence-electron chi connectivity index (χ2n) is 6.05. The molecule has 26 heavy (non-hydrogen) atoms. The van der Waals surface area contributed by atoms with E-state index in [2.05, 4.69) is 20.8 Å². The summed E-state index contributed by atoms with van der Waals surface area (Å²) in [4.78, 5) is 14.5. The molecule has 3 aromatic rings. The first-order valence-corrected chi connectivity index (χ1v) is 8.08. The second-order valence-corrected chi connectivity index (χ2v) is 6.05. The maximum atomic E-state index is 13.5. The van der Waals surface area contributed by atoms with Crippen molar-refractivity contribution in [2.45, 2.75) is 6.04 Å². The minimum absolute atomic E-state index is 0.141. The van der Waals surface area contributed by atoms with E-state index in [0.717, 1.165) is 5.56 Å². The van der Waals surface area contributed by atoms with Crippen LogP contribution in [0.25, 0.3) is 5.69 Å².